The summed E-state index contributed by atoms with van der Waals surface area (Å²) in [6, 6.07) is 6.52. The standard InChI is InChI=1S/C17H24ClN3O4/c1-25-10-14(19)15(22)20-17(7-2-8-21(11-17)16(23)24)9-12-3-5-13(18)6-4-12/h3-6,14H,2,7-11,19H2,1H3,(H,20,22)(H,23,24). The third kappa shape index (κ3) is 5.32. The molecule has 138 valence electrons. The fourth-order valence-corrected chi connectivity index (χ4v) is 3.31. The second-order valence-corrected chi connectivity index (χ2v) is 6.88. The van der Waals surface area contributed by atoms with Crippen molar-refractivity contribution >= 4 is 23.6 Å². The number of methoxy groups -OCH3 is 1. The predicted octanol–water partition coefficient (Wildman–Crippen LogP) is 1.49. The van der Waals surface area contributed by atoms with Crippen LogP contribution in [0.5, 0.6) is 0 Å². The molecule has 1 saturated heterocycles. The van der Waals surface area contributed by atoms with Gasteiger partial charge in [0.25, 0.3) is 0 Å². The van der Waals surface area contributed by atoms with Crippen LogP contribution in [0.4, 0.5) is 4.79 Å². The first-order valence-electron chi connectivity index (χ1n) is 8.14. The Bertz CT molecular complexity index is 610. The van der Waals surface area contributed by atoms with E-state index in [1.807, 2.05) is 12.1 Å². The summed E-state index contributed by atoms with van der Waals surface area (Å²) in [5.74, 6) is -0.344. The number of hydrogen-bond acceptors (Lipinski definition) is 4. The van der Waals surface area contributed by atoms with E-state index in [0.29, 0.717) is 30.8 Å². The van der Waals surface area contributed by atoms with Crippen LogP contribution < -0.4 is 11.1 Å². The number of carbonyl (C=O) groups excluding carboxylic acids is 1. The van der Waals surface area contributed by atoms with Crippen LogP contribution in [0.3, 0.4) is 0 Å². The summed E-state index contributed by atoms with van der Waals surface area (Å²) in [6.07, 6.45) is 0.847. The molecule has 0 saturated carbocycles. The molecule has 1 aromatic rings. The van der Waals surface area contributed by atoms with Crippen molar-refractivity contribution in [1.82, 2.24) is 10.2 Å². The minimum atomic E-state index is -0.990. The van der Waals surface area contributed by atoms with Gasteiger partial charge in [0.15, 0.2) is 0 Å². The zero-order valence-corrected chi connectivity index (χ0v) is 15.0. The molecule has 0 aromatic heterocycles. The number of nitrogens with two attached hydrogens (primary N) is 1. The van der Waals surface area contributed by atoms with Crippen LogP contribution in [0.1, 0.15) is 18.4 Å². The third-order valence-corrected chi connectivity index (χ3v) is 4.63. The normalized spacial score (nSPS) is 21.6. The molecule has 0 bridgehead atoms. The summed E-state index contributed by atoms with van der Waals surface area (Å²) in [7, 11) is 1.48. The molecular weight excluding hydrogens is 346 g/mol. The van der Waals surface area contributed by atoms with E-state index >= 15 is 0 Å². The Hall–Kier alpha value is -1.83. The highest BCUT2D eigenvalue weighted by atomic mass is 35.5. The molecule has 0 spiro atoms. The average Bonchev–Trinajstić information content (AvgIpc) is 2.57. The van der Waals surface area contributed by atoms with Crippen molar-refractivity contribution in [2.45, 2.75) is 30.8 Å². The Morgan fingerprint density at radius 2 is 2.12 bits per heavy atom. The van der Waals surface area contributed by atoms with Crippen molar-refractivity contribution < 1.29 is 19.4 Å². The third-order valence-electron chi connectivity index (χ3n) is 4.37. The van der Waals surface area contributed by atoms with E-state index in [9.17, 15) is 14.7 Å². The number of hydrogen-bond donors (Lipinski definition) is 3. The lowest BCUT2D eigenvalue weighted by Crippen LogP contribution is -2.63. The van der Waals surface area contributed by atoms with Crippen LogP contribution in [0.25, 0.3) is 0 Å². The van der Waals surface area contributed by atoms with Crippen LogP contribution >= 0.6 is 11.6 Å². The molecule has 2 rings (SSSR count). The summed E-state index contributed by atoms with van der Waals surface area (Å²) in [4.78, 5) is 25.2. The molecule has 7 nitrogen and oxygen atoms in total. The van der Waals surface area contributed by atoms with Crippen LogP contribution in [0.15, 0.2) is 24.3 Å². The first-order valence-corrected chi connectivity index (χ1v) is 8.52. The van der Waals surface area contributed by atoms with Crippen molar-refractivity contribution in [2.24, 2.45) is 5.73 Å². The summed E-state index contributed by atoms with van der Waals surface area (Å²) in [5, 5.41) is 13.0. The molecule has 1 fully saturated rings. The minimum absolute atomic E-state index is 0.103. The summed E-state index contributed by atoms with van der Waals surface area (Å²) in [5.41, 5.74) is 6.10. The van der Waals surface area contributed by atoms with Crippen LogP contribution in [0, 0.1) is 0 Å². The van der Waals surface area contributed by atoms with Gasteiger partial charge in [-0.1, -0.05) is 23.7 Å². The van der Waals surface area contributed by atoms with E-state index in [0.717, 1.165) is 5.56 Å². The smallest absolute Gasteiger partial charge is 0.407 e. The van der Waals surface area contributed by atoms with Gasteiger partial charge in [-0.25, -0.2) is 4.79 Å². The van der Waals surface area contributed by atoms with Gasteiger partial charge in [0.2, 0.25) is 5.91 Å². The number of halogens is 1. The van der Waals surface area contributed by atoms with Gasteiger partial charge in [0.1, 0.15) is 6.04 Å². The molecule has 8 heteroatoms. The van der Waals surface area contributed by atoms with E-state index in [1.54, 1.807) is 12.1 Å². The summed E-state index contributed by atoms with van der Waals surface area (Å²) in [6.45, 7) is 0.777. The van der Waals surface area contributed by atoms with E-state index < -0.39 is 17.7 Å². The van der Waals surface area contributed by atoms with Crippen molar-refractivity contribution in [2.75, 3.05) is 26.8 Å². The maximum Gasteiger partial charge on any atom is 0.407 e. The maximum atomic E-state index is 12.4. The second kappa shape index (κ2) is 8.51. The molecule has 0 aliphatic carbocycles. The molecule has 1 heterocycles. The minimum Gasteiger partial charge on any atom is -0.465 e. The molecule has 25 heavy (non-hydrogen) atoms. The largest absolute Gasteiger partial charge is 0.465 e. The van der Waals surface area contributed by atoms with Crippen LogP contribution in [-0.4, -0.2) is 60.4 Å². The van der Waals surface area contributed by atoms with Crippen molar-refractivity contribution in [1.29, 1.82) is 0 Å². The number of rotatable bonds is 6. The molecule has 2 unspecified atom stereocenters. The number of nitrogens with zero attached hydrogens (tertiary/aromatic N) is 1. The van der Waals surface area contributed by atoms with Gasteiger partial charge in [-0.15, -0.1) is 0 Å². The highest BCUT2D eigenvalue weighted by molar-refractivity contribution is 6.30. The number of likely N-dealkylation sites (tertiary alicyclic amines) is 1. The lowest BCUT2D eigenvalue weighted by atomic mass is 9.83. The van der Waals surface area contributed by atoms with Gasteiger partial charge in [0.05, 0.1) is 12.1 Å². The first kappa shape index (κ1) is 19.5. The molecule has 4 N–H and O–H groups in total. The number of ether oxygens (including phenoxy) is 1. The average molecular weight is 370 g/mol. The molecule has 1 aliphatic heterocycles. The van der Waals surface area contributed by atoms with E-state index in [1.165, 1.54) is 12.0 Å². The molecule has 1 aromatic carbocycles. The fourth-order valence-electron chi connectivity index (χ4n) is 3.19. The highest BCUT2D eigenvalue weighted by Crippen LogP contribution is 2.26. The SMILES string of the molecule is COCC(N)C(=O)NC1(Cc2ccc(Cl)cc2)CCCN(C(=O)O)C1. The van der Waals surface area contributed by atoms with Crippen LogP contribution in [0.2, 0.25) is 5.02 Å². The van der Waals surface area contributed by atoms with Crippen molar-refractivity contribution in [3.8, 4) is 0 Å². The van der Waals surface area contributed by atoms with E-state index in [4.69, 9.17) is 22.1 Å². The number of amides is 2. The highest BCUT2D eigenvalue weighted by Gasteiger charge is 2.39. The number of piperidine rings is 1. The number of carboxylic acid groups (broad SMARTS) is 1. The zero-order chi connectivity index (χ0) is 18.4. The lowest BCUT2D eigenvalue weighted by molar-refractivity contribution is -0.126. The molecular formula is C17H24ClN3O4. The fraction of sp³-hybridized carbons (Fsp3) is 0.529. The Kier molecular flexibility index (Phi) is 6.64. The Labute approximate surface area is 152 Å². The molecule has 1 aliphatic rings. The van der Waals surface area contributed by atoms with E-state index in [-0.39, 0.29) is 19.1 Å². The number of carbonyl (C=O) groups is 2. The molecule has 0 radical (unpaired) electrons. The second-order valence-electron chi connectivity index (χ2n) is 6.44. The topological polar surface area (TPSA) is 105 Å². The van der Waals surface area contributed by atoms with Gasteiger partial charge in [-0.05, 0) is 37.0 Å². The first-order chi connectivity index (χ1) is 11.8. The zero-order valence-electron chi connectivity index (χ0n) is 14.2. The van der Waals surface area contributed by atoms with E-state index in [2.05, 4.69) is 5.32 Å². The molecule has 2 amide bonds. The van der Waals surface area contributed by atoms with Gasteiger partial charge < -0.3 is 25.8 Å². The summed E-state index contributed by atoms with van der Waals surface area (Å²) >= 11 is 5.93. The Balaban J connectivity index is 2.22. The Morgan fingerprint density at radius 1 is 1.44 bits per heavy atom. The van der Waals surface area contributed by atoms with Crippen molar-refractivity contribution in [3.63, 3.8) is 0 Å². The van der Waals surface area contributed by atoms with Crippen molar-refractivity contribution in [3.05, 3.63) is 34.9 Å². The predicted molar refractivity (Wildman–Crippen MR) is 94.7 cm³/mol. The Morgan fingerprint density at radius 3 is 2.72 bits per heavy atom. The van der Waals surface area contributed by atoms with Gasteiger partial charge >= 0.3 is 6.09 Å². The lowest BCUT2D eigenvalue weighted by Gasteiger charge is -2.43. The van der Waals surface area contributed by atoms with Crippen LogP contribution in [-0.2, 0) is 16.0 Å². The molecule has 2 atom stereocenters. The summed E-state index contributed by atoms with van der Waals surface area (Å²) < 4.78 is 4.93. The van der Waals surface area contributed by atoms with Gasteiger partial charge in [-0.2, -0.15) is 0 Å². The van der Waals surface area contributed by atoms with Gasteiger partial charge in [-0.3, -0.25) is 4.79 Å². The monoisotopic (exact) mass is 369 g/mol. The van der Waals surface area contributed by atoms with Gasteiger partial charge in [0, 0.05) is 25.2 Å². The number of nitrogens with one attached hydrogen (secondary N) is 1. The quantitative estimate of drug-likeness (QED) is 0.704. The number of benzene rings is 1. The maximum absolute atomic E-state index is 12.4.